The van der Waals surface area contributed by atoms with E-state index >= 15 is 0 Å². The summed E-state index contributed by atoms with van der Waals surface area (Å²) < 4.78 is 27.9. The van der Waals surface area contributed by atoms with E-state index in [-0.39, 0.29) is 51.0 Å². The second-order valence-corrected chi connectivity index (χ2v) is 14.5. The van der Waals surface area contributed by atoms with Gasteiger partial charge in [0.15, 0.2) is 0 Å². The number of carbonyl (C=O) groups excluding carboxylic acids is 1. The Morgan fingerprint density at radius 3 is 1.77 bits per heavy atom. The Balaban J connectivity index is 0.000000495. The van der Waals surface area contributed by atoms with Gasteiger partial charge in [0.2, 0.25) is 0 Å². The van der Waals surface area contributed by atoms with Crippen molar-refractivity contribution in [1.29, 1.82) is 0 Å². The summed E-state index contributed by atoms with van der Waals surface area (Å²) in [6, 6.07) is -0.785. The van der Waals surface area contributed by atoms with Gasteiger partial charge in [-0.25, -0.2) is 0 Å². The molecule has 0 aromatic rings. The van der Waals surface area contributed by atoms with Crippen LogP contribution in [-0.2, 0) is 28.5 Å². The van der Waals surface area contributed by atoms with Crippen LogP contribution in [0.5, 0.6) is 0 Å². The first-order valence-corrected chi connectivity index (χ1v) is 17.7. The van der Waals surface area contributed by atoms with Crippen LogP contribution in [0.2, 0.25) is 0 Å². The highest BCUT2D eigenvalue weighted by molar-refractivity contribution is 7.99. The van der Waals surface area contributed by atoms with Crippen LogP contribution in [0, 0.1) is 0 Å². The Morgan fingerprint density at radius 1 is 0.875 bits per heavy atom. The molecule has 12 atom stereocenters. The number of likely N-dealkylation sites (N-methyl/N-ethyl adjacent to an activating group) is 1. The lowest BCUT2D eigenvalue weighted by molar-refractivity contribution is -0.873. The molecule has 0 spiro atoms. The van der Waals surface area contributed by atoms with Gasteiger partial charge >= 0.3 is 0 Å². The van der Waals surface area contributed by atoms with Gasteiger partial charge in [-0.2, -0.15) is 11.8 Å². The molecule has 2 saturated heterocycles. The number of thioether (sulfide) groups is 1. The third-order valence-corrected chi connectivity index (χ3v) is 9.18. The van der Waals surface area contributed by atoms with Crippen molar-refractivity contribution in [2.24, 2.45) is 0 Å². The minimum absolute atomic E-state index is 0.0496. The number of nitrogens with one attached hydrogen (secondary N) is 2. The Labute approximate surface area is 289 Å². The number of rotatable bonds is 21. The molecule has 17 heteroatoms. The molecule has 0 aromatic heterocycles. The molecule has 0 aliphatic carbocycles. The molecule has 8 N–H and O–H groups in total. The Morgan fingerprint density at radius 2 is 1.35 bits per heavy atom. The van der Waals surface area contributed by atoms with Crippen molar-refractivity contribution < 1.29 is 68.7 Å². The standard InChI is InChI=1S/C17H33NO8S.C14H31N2O5/c1-11-15(16(23)17(24-2)13(9-19)26-11)18-8-12(20)10-25-5-3-6-27-7-4-14(21)22;1-9-12(15-6-10(18)7-16(2,3)4)13(19)14(20-5)11(8-17)21-9/h11-13,15-20,23H,3-10H2,1-2H3,(H,21,22);9-15,17-19H,6-8H2,1-5H3/q;+1/p-1. The molecule has 2 fully saturated rings. The lowest BCUT2D eigenvalue weighted by atomic mass is 9.93. The summed E-state index contributed by atoms with van der Waals surface area (Å²) in [7, 11) is 8.97. The molecule has 2 rings (SSSR count). The highest BCUT2D eigenvalue weighted by atomic mass is 32.2. The number of methoxy groups -OCH3 is 2. The highest BCUT2D eigenvalue weighted by Crippen LogP contribution is 2.24. The Hall–Kier alpha value is -0.740. The first-order chi connectivity index (χ1) is 22.6. The van der Waals surface area contributed by atoms with E-state index in [1.165, 1.54) is 26.0 Å². The largest absolute Gasteiger partial charge is 0.550 e. The summed E-state index contributed by atoms with van der Waals surface area (Å²) in [6.45, 7) is 5.01. The number of quaternary nitrogens is 1. The molecular weight excluding hydrogens is 654 g/mol. The minimum atomic E-state index is -1.04. The van der Waals surface area contributed by atoms with E-state index in [1.807, 2.05) is 28.1 Å². The fraction of sp³-hybridized carbons (Fsp3) is 0.968. The number of hydrogen-bond donors (Lipinski definition) is 8. The lowest BCUT2D eigenvalue weighted by Crippen LogP contribution is -2.64. The number of hydrogen-bond acceptors (Lipinski definition) is 16. The summed E-state index contributed by atoms with van der Waals surface area (Å²) in [5.74, 6) is 0.272. The highest BCUT2D eigenvalue weighted by Gasteiger charge is 2.44. The molecular formula is C31H63N3O13S. The fourth-order valence-electron chi connectivity index (χ4n) is 5.77. The van der Waals surface area contributed by atoms with Gasteiger partial charge in [-0.15, -0.1) is 0 Å². The topological polar surface area (TPSA) is 232 Å². The van der Waals surface area contributed by atoms with E-state index in [2.05, 4.69) is 10.6 Å². The van der Waals surface area contributed by atoms with Gasteiger partial charge < -0.3 is 79.3 Å². The number of aliphatic carboxylic acids is 1. The number of carboxylic acids is 1. The molecule has 286 valence electrons. The van der Waals surface area contributed by atoms with Crippen LogP contribution in [0.3, 0.4) is 0 Å². The average Bonchev–Trinajstić information content (AvgIpc) is 3.00. The van der Waals surface area contributed by atoms with Crippen molar-refractivity contribution in [3.63, 3.8) is 0 Å². The van der Waals surface area contributed by atoms with E-state index in [0.29, 0.717) is 29.9 Å². The summed E-state index contributed by atoms with van der Waals surface area (Å²) in [5, 5.41) is 76.0. The van der Waals surface area contributed by atoms with Gasteiger partial charge in [0, 0.05) is 39.9 Å². The number of carbonyl (C=O) groups is 1. The molecule has 2 aliphatic heterocycles. The van der Waals surface area contributed by atoms with Crippen LogP contribution >= 0.6 is 11.8 Å². The Bertz CT molecular complexity index is 861. The zero-order valence-electron chi connectivity index (χ0n) is 29.6. The van der Waals surface area contributed by atoms with E-state index in [9.17, 15) is 40.5 Å². The van der Waals surface area contributed by atoms with Crippen molar-refractivity contribution in [3.8, 4) is 0 Å². The molecule has 0 amide bonds. The first kappa shape index (κ1) is 45.3. The molecule has 2 heterocycles. The molecule has 0 bridgehead atoms. The third kappa shape index (κ3) is 16.5. The minimum Gasteiger partial charge on any atom is -0.550 e. The van der Waals surface area contributed by atoms with Gasteiger partial charge in [0.05, 0.1) is 71.4 Å². The van der Waals surface area contributed by atoms with Crippen LogP contribution in [0.25, 0.3) is 0 Å². The fourth-order valence-corrected chi connectivity index (χ4v) is 6.61. The molecule has 2 aliphatic rings. The van der Waals surface area contributed by atoms with E-state index in [4.69, 9.17) is 23.7 Å². The van der Waals surface area contributed by atoms with E-state index in [1.54, 1.807) is 6.92 Å². The molecule has 16 nitrogen and oxygen atoms in total. The smallest absolute Gasteiger partial charge is 0.115 e. The first-order valence-electron chi connectivity index (χ1n) is 16.5. The molecule has 0 aromatic carbocycles. The maximum Gasteiger partial charge on any atom is 0.115 e. The predicted octanol–water partition coefficient (Wildman–Crippen LogP) is -4.09. The van der Waals surface area contributed by atoms with Crippen LogP contribution in [0.4, 0.5) is 0 Å². The molecule has 48 heavy (non-hydrogen) atoms. The van der Waals surface area contributed by atoms with Gasteiger partial charge in [-0.3, -0.25) is 0 Å². The summed E-state index contributed by atoms with van der Waals surface area (Å²) >= 11 is 1.53. The van der Waals surface area contributed by atoms with Crippen LogP contribution in [-0.4, -0.2) is 207 Å². The van der Waals surface area contributed by atoms with Crippen molar-refractivity contribution in [1.82, 2.24) is 10.6 Å². The van der Waals surface area contributed by atoms with Crippen LogP contribution in [0.1, 0.15) is 26.7 Å². The van der Waals surface area contributed by atoms with Gasteiger partial charge in [0.25, 0.3) is 0 Å². The van der Waals surface area contributed by atoms with E-state index in [0.717, 1.165) is 12.2 Å². The van der Waals surface area contributed by atoms with Gasteiger partial charge in [0.1, 0.15) is 49.3 Å². The molecule has 0 radical (unpaired) electrons. The predicted molar refractivity (Wildman–Crippen MR) is 177 cm³/mol. The second kappa shape index (κ2) is 23.7. The number of aliphatic hydroxyl groups is 6. The maximum absolute atomic E-state index is 10.4. The normalized spacial score (nSPS) is 32.3. The van der Waals surface area contributed by atoms with Crippen LogP contribution in [0.15, 0.2) is 0 Å². The van der Waals surface area contributed by atoms with Crippen molar-refractivity contribution >= 4 is 17.7 Å². The maximum atomic E-state index is 10.4. The van der Waals surface area contributed by atoms with Gasteiger partial charge in [-0.1, -0.05) is 0 Å². The number of carboxylic acid groups (broad SMARTS) is 1. The van der Waals surface area contributed by atoms with Crippen molar-refractivity contribution in [2.45, 2.75) is 99.8 Å². The summed E-state index contributed by atoms with van der Waals surface area (Å²) in [5.41, 5.74) is 0. The van der Waals surface area contributed by atoms with Crippen molar-refractivity contribution in [2.75, 3.05) is 92.9 Å². The lowest BCUT2D eigenvalue weighted by Gasteiger charge is -2.43. The van der Waals surface area contributed by atoms with Gasteiger partial charge in [-0.05, 0) is 38.2 Å². The molecule has 0 saturated carbocycles. The number of ether oxygens (including phenoxy) is 5. The monoisotopic (exact) mass is 717 g/mol. The Kier molecular flexibility index (Phi) is 22.3. The van der Waals surface area contributed by atoms with E-state index < -0.39 is 60.8 Å². The zero-order chi connectivity index (χ0) is 36.4. The third-order valence-electron chi connectivity index (χ3n) is 8.11. The number of aliphatic hydroxyl groups excluding tert-OH is 6. The van der Waals surface area contributed by atoms with Crippen molar-refractivity contribution in [3.05, 3.63) is 0 Å². The quantitative estimate of drug-likeness (QED) is 0.0417. The average molecular weight is 718 g/mol. The summed E-state index contributed by atoms with van der Waals surface area (Å²) in [4.78, 5) is 10.3. The number of nitrogens with zero attached hydrogens (tertiary/aromatic N) is 1. The summed E-state index contributed by atoms with van der Waals surface area (Å²) in [6.07, 6.45) is -5.09. The SMILES string of the molecule is COC1C(CO)OC(C)C(NCC(O)COCCCSCCC(=O)[O-])C1O.COC1C(CO)OC(C)C(NCC(O)C[N+](C)(C)C)C1O. The molecule has 12 unspecified atom stereocenters. The zero-order valence-corrected chi connectivity index (χ0v) is 30.4. The van der Waals surface area contributed by atoms with Crippen LogP contribution < -0.4 is 15.7 Å². The second-order valence-electron chi connectivity index (χ2n) is 13.3.